The Morgan fingerprint density at radius 1 is 1.21 bits per heavy atom. The molecule has 1 aliphatic heterocycles. The highest BCUT2D eigenvalue weighted by molar-refractivity contribution is 5.90. The van der Waals surface area contributed by atoms with Crippen LogP contribution in [-0.4, -0.2) is 31.2 Å². The molecule has 4 rings (SSSR count). The van der Waals surface area contributed by atoms with Crippen LogP contribution in [0.3, 0.4) is 0 Å². The van der Waals surface area contributed by atoms with Crippen molar-refractivity contribution >= 4 is 17.7 Å². The first kappa shape index (κ1) is 22.5. The minimum absolute atomic E-state index is 0.118. The standard InChI is InChI=1S/C25H26FN3O4/c1-16(27-12-18-9-10-32-15-18)19-3-5-20(6-4-19)23-8-7-21(11-24(23)26)29-14-22(33-25(29)31)13-28-17(2)30/h3-11,15-16,22,27H,12-14H2,1-2H3,(H,28,30)/t16-,22+/m1/s1. The zero-order valence-corrected chi connectivity index (χ0v) is 18.5. The van der Waals surface area contributed by atoms with E-state index in [0.29, 0.717) is 17.8 Å². The third-order valence-electron chi connectivity index (χ3n) is 5.63. The summed E-state index contributed by atoms with van der Waals surface area (Å²) in [7, 11) is 0. The van der Waals surface area contributed by atoms with E-state index in [9.17, 15) is 14.0 Å². The molecule has 0 radical (unpaired) electrons. The van der Waals surface area contributed by atoms with Crippen LogP contribution in [0.5, 0.6) is 0 Å². The second-order valence-electron chi connectivity index (χ2n) is 8.07. The number of ether oxygens (including phenoxy) is 1. The van der Waals surface area contributed by atoms with Gasteiger partial charge in [0.05, 0.1) is 31.3 Å². The van der Waals surface area contributed by atoms with Crippen LogP contribution in [0.1, 0.15) is 31.0 Å². The van der Waals surface area contributed by atoms with Gasteiger partial charge in [-0.2, -0.15) is 0 Å². The number of hydrogen-bond acceptors (Lipinski definition) is 5. The van der Waals surface area contributed by atoms with Crippen LogP contribution in [0.2, 0.25) is 0 Å². The van der Waals surface area contributed by atoms with Gasteiger partial charge in [-0.3, -0.25) is 9.69 Å². The molecule has 1 fully saturated rings. The number of anilines is 1. The Hall–Kier alpha value is -3.65. The van der Waals surface area contributed by atoms with Gasteiger partial charge in [0.15, 0.2) is 0 Å². The van der Waals surface area contributed by atoms with Crippen molar-refractivity contribution in [1.82, 2.24) is 10.6 Å². The molecule has 7 nitrogen and oxygen atoms in total. The Kier molecular flexibility index (Phi) is 6.74. The van der Waals surface area contributed by atoms with Gasteiger partial charge in [-0.25, -0.2) is 9.18 Å². The minimum atomic E-state index is -0.557. The summed E-state index contributed by atoms with van der Waals surface area (Å²) in [6, 6.07) is 14.4. The van der Waals surface area contributed by atoms with Crippen molar-refractivity contribution < 1.29 is 23.1 Å². The van der Waals surface area contributed by atoms with Crippen molar-refractivity contribution in [3.05, 3.63) is 78.0 Å². The zero-order valence-electron chi connectivity index (χ0n) is 18.5. The van der Waals surface area contributed by atoms with E-state index in [1.807, 2.05) is 30.3 Å². The van der Waals surface area contributed by atoms with Crippen LogP contribution in [0.25, 0.3) is 11.1 Å². The molecule has 0 spiro atoms. The van der Waals surface area contributed by atoms with Crippen LogP contribution in [-0.2, 0) is 16.1 Å². The van der Waals surface area contributed by atoms with Crippen molar-refractivity contribution in [2.45, 2.75) is 32.5 Å². The summed E-state index contributed by atoms with van der Waals surface area (Å²) in [5.74, 6) is -0.626. The molecule has 0 saturated carbocycles. The van der Waals surface area contributed by atoms with Crippen molar-refractivity contribution in [3.8, 4) is 11.1 Å². The van der Waals surface area contributed by atoms with E-state index in [1.165, 1.54) is 17.9 Å². The molecule has 0 unspecified atom stereocenters. The normalized spacial score (nSPS) is 16.5. The predicted molar refractivity (Wildman–Crippen MR) is 122 cm³/mol. The van der Waals surface area contributed by atoms with Gasteiger partial charge in [0.25, 0.3) is 0 Å². The number of hydrogen-bond donors (Lipinski definition) is 2. The molecule has 172 valence electrons. The van der Waals surface area contributed by atoms with E-state index in [4.69, 9.17) is 9.15 Å². The van der Waals surface area contributed by atoms with E-state index in [-0.39, 0.29) is 25.0 Å². The van der Waals surface area contributed by atoms with Gasteiger partial charge in [0, 0.05) is 30.6 Å². The van der Waals surface area contributed by atoms with Gasteiger partial charge in [-0.1, -0.05) is 24.3 Å². The number of halogens is 1. The molecule has 8 heteroatoms. The Balaban J connectivity index is 1.41. The summed E-state index contributed by atoms with van der Waals surface area (Å²) in [5, 5.41) is 6.05. The predicted octanol–water partition coefficient (Wildman–Crippen LogP) is 4.40. The maximum atomic E-state index is 14.9. The lowest BCUT2D eigenvalue weighted by Crippen LogP contribution is -2.33. The maximum Gasteiger partial charge on any atom is 0.414 e. The maximum absolute atomic E-state index is 14.9. The summed E-state index contributed by atoms with van der Waals surface area (Å²) in [6.45, 7) is 4.63. The Bertz CT molecular complexity index is 1120. The number of carbonyl (C=O) groups is 2. The number of carbonyl (C=O) groups excluding carboxylic acids is 2. The van der Waals surface area contributed by atoms with Crippen molar-refractivity contribution in [2.24, 2.45) is 0 Å². The Labute approximate surface area is 191 Å². The lowest BCUT2D eigenvalue weighted by atomic mass is 10.0. The van der Waals surface area contributed by atoms with Crippen molar-refractivity contribution in [1.29, 1.82) is 0 Å². The molecular weight excluding hydrogens is 425 g/mol. The molecule has 0 bridgehead atoms. The minimum Gasteiger partial charge on any atom is -0.472 e. The number of nitrogens with zero attached hydrogens (tertiary/aromatic N) is 1. The molecule has 2 atom stereocenters. The molecular formula is C25H26FN3O4. The fourth-order valence-corrected chi connectivity index (χ4v) is 3.74. The lowest BCUT2D eigenvalue weighted by molar-refractivity contribution is -0.119. The third-order valence-corrected chi connectivity index (χ3v) is 5.63. The first-order valence-corrected chi connectivity index (χ1v) is 10.8. The van der Waals surface area contributed by atoms with Crippen LogP contribution < -0.4 is 15.5 Å². The highest BCUT2D eigenvalue weighted by Gasteiger charge is 2.32. The molecule has 2 aromatic carbocycles. The number of amides is 2. The largest absolute Gasteiger partial charge is 0.472 e. The van der Waals surface area contributed by atoms with Crippen molar-refractivity contribution in [2.75, 3.05) is 18.0 Å². The molecule has 1 aromatic heterocycles. The van der Waals surface area contributed by atoms with Gasteiger partial charge in [-0.05, 0) is 42.3 Å². The molecule has 2 heterocycles. The van der Waals surface area contributed by atoms with Gasteiger partial charge < -0.3 is 19.8 Å². The second kappa shape index (κ2) is 9.87. The molecule has 2 N–H and O–H groups in total. The Morgan fingerprint density at radius 3 is 2.67 bits per heavy atom. The molecule has 1 aliphatic rings. The number of benzene rings is 2. The second-order valence-corrected chi connectivity index (χ2v) is 8.07. The smallest absolute Gasteiger partial charge is 0.414 e. The highest BCUT2D eigenvalue weighted by atomic mass is 19.1. The molecule has 0 aliphatic carbocycles. The Morgan fingerprint density at radius 2 is 2.00 bits per heavy atom. The molecule has 3 aromatic rings. The zero-order chi connectivity index (χ0) is 23.4. The van der Waals surface area contributed by atoms with Gasteiger partial charge in [0.1, 0.15) is 11.9 Å². The summed E-state index contributed by atoms with van der Waals surface area (Å²) in [6.07, 6.45) is 2.33. The highest BCUT2D eigenvalue weighted by Crippen LogP contribution is 2.30. The molecule has 1 saturated heterocycles. The average Bonchev–Trinajstić information content (AvgIpc) is 3.45. The summed E-state index contributed by atoms with van der Waals surface area (Å²) < 4.78 is 25.3. The third kappa shape index (κ3) is 5.40. The van der Waals surface area contributed by atoms with E-state index in [2.05, 4.69) is 17.6 Å². The van der Waals surface area contributed by atoms with E-state index >= 15 is 0 Å². The van der Waals surface area contributed by atoms with Gasteiger partial charge in [-0.15, -0.1) is 0 Å². The van der Waals surface area contributed by atoms with Gasteiger partial charge in [0.2, 0.25) is 5.91 Å². The van der Waals surface area contributed by atoms with E-state index < -0.39 is 18.0 Å². The van der Waals surface area contributed by atoms with E-state index in [1.54, 1.807) is 24.7 Å². The van der Waals surface area contributed by atoms with Crippen LogP contribution in [0.4, 0.5) is 14.9 Å². The number of nitrogens with one attached hydrogen (secondary N) is 2. The van der Waals surface area contributed by atoms with Crippen molar-refractivity contribution in [3.63, 3.8) is 0 Å². The topological polar surface area (TPSA) is 83.8 Å². The molecule has 2 amide bonds. The fraction of sp³-hybridized carbons (Fsp3) is 0.280. The van der Waals surface area contributed by atoms with E-state index in [0.717, 1.165) is 16.7 Å². The first-order valence-electron chi connectivity index (χ1n) is 10.8. The van der Waals surface area contributed by atoms with Crippen LogP contribution in [0, 0.1) is 5.82 Å². The number of furan rings is 1. The monoisotopic (exact) mass is 451 g/mol. The first-order chi connectivity index (χ1) is 15.9. The SMILES string of the molecule is CC(=O)NC[C@H]1CN(c2ccc(-c3ccc([C@@H](C)NCc4ccoc4)cc3)c(F)c2)C(=O)O1. The quantitative estimate of drug-likeness (QED) is 0.531. The molecule has 33 heavy (non-hydrogen) atoms. The average molecular weight is 451 g/mol. The van der Waals surface area contributed by atoms with Crippen LogP contribution >= 0.6 is 0 Å². The number of cyclic esters (lactones) is 1. The lowest BCUT2D eigenvalue weighted by Gasteiger charge is -2.16. The summed E-state index contributed by atoms with van der Waals surface area (Å²) >= 11 is 0. The summed E-state index contributed by atoms with van der Waals surface area (Å²) in [5.41, 5.74) is 3.78. The van der Waals surface area contributed by atoms with Gasteiger partial charge >= 0.3 is 6.09 Å². The summed E-state index contributed by atoms with van der Waals surface area (Å²) in [4.78, 5) is 24.6. The van der Waals surface area contributed by atoms with Crippen LogP contribution in [0.15, 0.2) is 65.5 Å². The fourth-order valence-electron chi connectivity index (χ4n) is 3.74. The number of rotatable bonds is 8.